The zero-order valence-corrected chi connectivity index (χ0v) is 15.7. The van der Waals surface area contributed by atoms with Gasteiger partial charge in [0.15, 0.2) is 17.3 Å². The predicted octanol–water partition coefficient (Wildman–Crippen LogP) is 2.87. The van der Waals surface area contributed by atoms with E-state index in [4.69, 9.17) is 0 Å². The highest BCUT2D eigenvalue weighted by atomic mass is 16.2. The maximum Gasteiger partial charge on any atom is 0.228 e. The van der Waals surface area contributed by atoms with Crippen LogP contribution in [0.2, 0.25) is 0 Å². The number of aryl methyl sites for hydroxylation is 1. The van der Waals surface area contributed by atoms with E-state index in [-0.39, 0.29) is 29.1 Å². The average Bonchev–Trinajstić information content (AvgIpc) is 3.03. The SMILES string of the molecule is CC(=O)c1nnn(-c2nc(NC(=O)C3CCCCC3)cc(C)c2C#N)c1C. The van der Waals surface area contributed by atoms with Crippen molar-refractivity contribution in [1.82, 2.24) is 20.0 Å². The second kappa shape index (κ2) is 7.66. The standard InChI is InChI=1S/C19H22N6O2/c1-11-9-16(22-19(27)14-7-5-4-6-8-14)21-18(15(11)10-20)25-12(2)17(13(3)26)23-24-25/h9,14H,4-8H2,1-3H3,(H,21,22,27). The van der Waals surface area contributed by atoms with Gasteiger partial charge in [-0.2, -0.15) is 9.94 Å². The number of nitrogens with one attached hydrogen (secondary N) is 1. The van der Waals surface area contributed by atoms with E-state index in [1.165, 1.54) is 18.0 Å². The normalized spacial score (nSPS) is 14.6. The third-order valence-electron chi connectivity index (χ3n) is 4.97. The molecule has 0 saturated heterocycles. The minimum Gasteiger partial charge on any atom is -0.310 e. The van der Waals surface area contributed by atoms with Gasteiger partial charge in [-0.25, -0.2) is 4.98 Å². The molecule has 1 aliphatic rings. The van der Waals surface area contributed by atoms with Crippen LogP contribution < -0.4 is 5.32 Å². The van der Waals surface area contributed by atoms with E-state index in [1.54, 1.807) is 19.9 Å². The molecule has 3 rings (SSSR count). The first-order valence-electron chi connectivity index (χ1n) is 9.08. The Morgan fingerprint density at radius 2 is 1.96 bits per heavy atom. The minimum absolute atomic E-state index is 0.00243. The molecule has 8 nitrogen and oxygen atoms in total. The molecule has 0 bridgehead atoms. The third kappa shape index (κ3) is 3.72. The number of anilines is 1. The number of amides is 1. The molecule has 2 heterocycles. The van der Waals surface area contributed by atoms with Crippen LogP contribution in [0.3, 0.4) is 0 Å². The number of aromatic nitrogens is 4. The maximum atomic E-state index is 12.5. The molecule has 27 heavy (non-hydrogen) atoms. The number of carbonyl (C=O) groups excluding carboxylic acids is 2. The summed E-state index contributed by atoms with van der Waals surface area (Å²) in [6, 6.07) is 3.80. The number of nitriles is 1. The van der Waals surface area contributed by atoms with Crippen LogP contribution in [0, 0.1) is 31.1 Å². The van der Waals surface area contributed by atoms with Crippen molar-refractivity contribution in [3.8, 4) is 11.9 Å². The molecule has 0 spiro atoms. The Balaban J connectivity index is 1.98. The largest absolute Gasteiger partial charge is 0.310 e. The number of carbonyl (C=O) groups is 2. The second-order valence-electron chi connectivity index (χ2n) is 6.95. The summed E-state index contributed by atoms with van der Waals surface area (Å²) in [6.45, 7) is 4.88. The number of pyridine rings is 1. The average molecular weight is 366 g/mol. The van der Waals surface area contributed by atoms with Crippen molar-refractivity contribution in [2.75, 3.05) is 5.32 Å². The molecule has 0 unspecified atom stereocenters. The van der Waals surface area contributed by atoms with Crippen molar-refractivity contribution in [3.63, 3.8) is 0 Å². The summed E-state index contributed by atoms with van der Waals surface area (Å²) in [5, 5.41) is 20.3. The van der Waals surface area contributed by atoms with Gasteiger partial charge in [0.2, 0.25) is 5.91 Å². The van der Waals surface area contributed by atoms with E-state index >= 15 is 0 Å². The molecule has 1 aliphatic carbocycles. The van der Waals surface area contributed by atoms with E-state index in [2.05, 4.69) is 26.7 Å². The van der Waals surface area contributed by atoms with Gasteiger partial charge >= 0.3 is 0 Å². The van der Waals surface area contributed by atoms with Gasteiger partial charge in [-0.05, 0) is 38.3 Å². The lowest BCUT2D eigenvalue weighted by atomic mass is 9.89. The molecule has 1 N–H and O–H groups in total. The highest BCUT2D eigenvalue weighted by Gasteiger charge is 2.23. The summed E-state index contributed by atoms with van der Waals surface area (Å²) in [6.07, 6.45) is 5.08. The monoisotopic (exact) mass is 366 g/mol. The van der Waals surface area contributed by atoms with Crippen molar-refractivity contribution in [2.24, 2.45) is 5.92 Å². The van der Waals surface area contributed by atoms with Crippen molar-refractivity contribution >= 4 is 17.5 Å². The van der Waals surface area contributed by atoms with Gasteiger partial charge in [0, 0.05) is 12.8 Å². The Bertz CT molecular complexity index is 934. The molecule has 2 aromatic heterocycles. The molecule has 1 fully saturated rings. The van der Waals surface area contributed by atoms with Crippen molar-refractivity contribution < 1.29 is 9.59 Å². The van der Waals surface area contributed by atoms with E-state index in [0.29, 0.717) is 22.6 Å². The summed E-state index contributed by atoms with van der Waals surface area (Å²) >= 11 is 0. The van der Waals surface area contributed by atoms with Crippen LogP contribution in [-0.4, -0.2) is 31.7 Å². The van der Waals surface area contributed by atoms with Gasteiger partial charge in [-0.15, -0.1) is 5.10 Å². The van der Waals surface area contributed by atoms with Gasteiger partial charge < -0.3 is 5.32 Å². The lowest BCUT2D eigenvalue weighted by Crippen LogP contribution is -2.25. The van der Waals surface area contributed by atoms with Crippen LogP contribution in [0.4, 0.5) is 5.82 Å². The fraction of sp³-hybridized carbons (Fsp3) is 0.474. The van der Waals surface area contributed by atoms with Gasteiger partial charge in [-0.1, -0.05) is 24.5 Å². The van der Waals surface area contributed by atoms with Crippen LogP contribution in [0.1, 0.15) is 66.3 Å². The van der Waals surface area contributed by atoms with Gasteiger partial charge in [0.25, 0.3) is 0 Å². The number of rotatable bonds is 4. The van der Waals surface area contributed by atoms with E-state index in [1.807, 2.05) is 0 Å². The second-order valence-corrected chi connectivity index (χ2v) is 6.95. The van der Waals surface area contributed by atoms with Crippen LogP contribution in [0.5, 0.6) is 0 Å². The third-order valence-corrected chi connectivity index (χ3v) is 4.97. The van der Waals surface area contributed by atoms with E-state index in [9.17, 15) is 14.9 Å². The summed E-state index contributed by atoms with van der Waals surface area (Å²) in [5.41, 5.74) is 1.73. The molecule has 2 aromatic rings. The molecular formula is C19H22N6O2. The van der Waals surface area contributed by atoms with Crippen molar-refractivity contribution in [2.45, 2.75) is 52.9 Å². The quantitative estimate of drug-likeness (QED) is 0.832. The molecule has 8 heteroatoms. The first-order chi connectivity index (χ1) is 12.9. The number of Topliss-reactive ketones (excluding diaryl/α,β-unsaturated/α-hetero) is 1. The lowest BCUT2D eigenvalue weighted by molar-refractivity contribution is -0.120. The highest BCUT2D eigenvalue weighted by Crippen LogP contribution is 2.26. The highest BCUT2D eigenvalue weighted by molar-refractivity contribution is 5.93. The van der Waals surface area contributed by atoms with Gasteiger partial charge in [0.1, 0.15) is 11.9 Å². The molecular weight excluding hydrogens is 344 g/mol. The van der Waals surface area contributed by atoms with E-state index < -0.39 is 0 Å². The van der Waals surface area contributed by atoms with Crippen LogP contribution >= 0.6 is 0 Å². The zero-order chi connectivity index (χ0) is 19.6. The number of hydrogen-bond donors (Lipinski definition) is 1. The Kier molecular flexibility index (Phi) is 5.31. The molecule has 0 aromatic carbocycles. The van der Waals surface area contributed by atoms with Crippen molar-refractivity contribution in [1.29, 1.82) is 5.26 Å². The summed E-state index contributed by atoms with van der Waals surface area (Å²) in [7, 11) is 0. The molecule has 1 amide bonds. The van der Waals surface area contributed by atoms with Gasteiger partial charge in [-0.3, -0.25) is 9.59 Å². The summed E-state index contributed by atoms with van der Waals surface area (Å²) in [4.78, 5) is 28.6. The Labute approximate surface area is 157 Å². The van der Waals surface area contributed by atoms with E-state index in [0.717, 1.165) is 25.7 Å². The number of nitrogens with zero attached hydrogens (tertiary/aromatic N) is 5. The zero-order valence-electron chi connectivity index (χ0n) is 15.7. The summed E-state index contributed by atoms with van der Waals surface area (Å²) < 4.78 is 1.37. The van der Waals surface area contributed by atoms with Crippen LogP contribution in [0.15, 0.2) is 6.07 Å². The Morgan fingerprint density at radius 1 is 1.26 bits per heavy atom. The van der Waals surface area contributed by atoms with Crippen LogP contribution in [0.25, 0.3) is 5.82 Å². The van der Waals surface area contributed by atoms with Crippen molar-refractivity contribution in [3.05, 3.63) is 28.6 Å². The maximum absolute atomic E-state index is 12.5. The number of hydrogen-bond acceptors (Lipinski definition) is 6. The lowest BCUT2D eigenvalue weighted by Gasteiger charge is -2.21. The predicted molar refractivity (Wildman–Crippen MR) is 98.6 cm³/mol. The molecule has 140 valence electrons. The fourth-order valence-electron chi connectivity index (χ4n) is 3.46. The topological polar surface area (TPSA) is 114 Å². The smallest absolute Gasteiger partial charge is 0.228 e. The van der Waals surface area contributed by atoms with Crippen LogP contribution in [-0.2, 0) is 4.79 Å². The minimum atomic E-state index is -0.212. The van der Waals surface area contributed by atoms with Gasteiger partial charge in [0.05, 0.1) is 11.3 Å². The molecule has 0 aliphatic heterocycles. The molecule has 0 radical (unpaired) electrons. The first-order valence-corrected chi connectivity index (χ1v) is 9.08. The molecule has 0 atom stereocenters. The Hall–Kier alpha value is -3.08. The fourth-order valence-corrected chi connectivity index (χ4v) is 3.46. The Morgan fingerprint density at radius 3 is 2.56 bits per heavy atom. The molecule has 1 saturated carbocycles. The first kappa shape index (κ1) is 18.7. The number of ketones is 1. The summed E-state index contributed by atoms with van der Waals surface area (Å²) in [5.74, 6) is 0.371.